The van der Waals surface area contributed by atoms with E-state index in [0.717, 1.165) is 44.1 Å². The average molecular weight is 593 g/mol. The molecule has 0 unspecified atom stereocenters. The van der Waals surface area contributed by atoms with Gasteiger partial charge in [-0.3, -0.25) is 23.9 Å². The van der Waals surface area contributed by atoms with Crippen molar-refractivity contribution >= 4 is 29.3 Å². The Kier molecular flexibility index (Phi) is 8.00. The quantitative estimate of drug-likeness (QED) is 0.298. The average Bonchev–Trinajstić information content (AvgIpc) is 3.86. The molecule has 0 radical (unpaired) electrons. The molecule has 0 bridgehead atoms. The zero-order chi connectivity index (χ0) is 30.4. The molecule has 230 valence electrons. The summed E-state index contributed by atoms with van der Waals surface area (Å²) in [6.07, 6.45) is 8.66. The first-order valence-electron chi connectivity index (χ1n) is 15.7. The minimum Gasteiger partial charge on any atom is -0.347 e. The van der Waals surface area contributed by atoms with Crippen molar-refractivity contribution in [1.29, 1.82) is 0 Å². The Labute approximate surface area is 250 Å². The van der Waals surface area contributed by atoms with E-state index in [1.165, 1.54) is 13.0 Å². The van der Waals surface area contributed by atoms with Gasteiger partial charge in [-0.25, -0.2) is 4.39 Å². The molecule has 43 heavy (non-hydrogen) atoms. The van der Waals surface area contributed by atoms with E-state index in [-0.39, 0.29) is 47.3 Å². The van der Waals surface area contributed by atoms with E-state index < -0.39 is 23.8 Å². The normalized spacial score (nSPS) is 20.8. The van der Waals surface area contributed by atoms with Crippen LogP contribution in [0, 0.1) is 29.5 Å². The fourth-order valence-corrected chi connectivity index (χ4v) is 6.74. The fraction of sp³-hybridized carbons (Fsp3) is 0.594. The Balaban J connectivity index is 1.18. The smallest absolute Gasteiger partial charge is 0.270 e. The van der Waals surface area contributed by atoms with Crippen molar-refractivity contribution in [2.45, 2.75) is 96.3 Å². The summed E-state index contributed by atoms with van der Waals surface area (Å²) >= 11 is 0. The highest BCUT2D eigenvalue weighted by molar-refractivity contribution is 6.01. The molecule has 11 heteroatoms. The maximum atomic E-state index is 15.5. The van der Waals surface area contributed by atoms with Crippen LogP contribution in [0.3, 0.4) is 0 Å². The fourth-order valence-electron chi connectivity index (χ4n) is 6.74. The number of amides is 4. The van der Waals surface area contributed by atoms with Crippen LogP contribution in [0.2, 0.25) is 0 Å². The third kappa shape index (κ3) is 6.45. The van der Waals surface area contributed by atoms with Crippen LogP contribution >= 0.6 is 0 Å². The summed E-state index contributed by atoms with van der Waals surface area (Å²) in [6, 6.07) is 2.91. The second-order valence-corrected chi connectivity index (χ2v) is 13.1. The van der Waals surface area contributed by atoms with Crippen LogP contribution in [-0.4, -0.2) is 45.5 Å². The van der Waals surface area contributed by atoms with E-state index in [2.05, 4.69) is 26.4 Å². The van der Waals surface area contributed by atoms with Crippen LogP contribution in [0.25, 0.3) is 0 Å². The summed E-state index contributed by atoms with van der Waals surface area (Å²) in [7, 11) is 0. The van der Waals surface area contributed by atoms with E-state index in [1.54, 1.807) is 23.0 Å². The number of aromatic nitrogens is 2. The molecule has 2 aromatic rings. The monoisotopic (exact) mass is 592 g/mol. The number of aryl methyl sites for hydroxylation is 1. The Morgan fingerprint density at radius 2 is 1.60 bits per heavy atom. The zero-order valence-electron chi connectivity index (χ0n) is 25.0. The Morgan fingerprint density at radius 1 is 0.930 bits per heavy atom. The van der Waals surface area contributed by atoms with Crippen LogP contribution in [0.15, 0.2) is 24.4 Å². The molecule has 0 aliphatic heterocycles. The zero-order valence-corrected chi connectivity index (χ0v) is 25.0. The first-order chi connectivity index (χ1) is 20.6. The van der Waals surface area contributed by atoms with Gasteiger partial charge >= 0.3 is 0 Å². The topological polar surface area (TPSA) is 134 Å². The number of halogens is 1. The van der Waals surface area contributed by atoms with Crippen LogP contribution in [-0.2, 0) is 20.8 Å². The van der Waals surface area contributed by atoms with Crippen molar-refractivity contribution < 1.29 is 23.6 Å². The highest BCUT2D eigenvalue weighted by Crippen LogP contribution is 2.51. The largest absolute Gasteiger partial charge is 0.347 e. The number of nitrogens with one attached hydrogen (secondary N) is 4. The van der Waals surface area contributed by atoms with Gasteiger partial charge in [0.2, 0.25) is 17.7 Å². The first-order valence-corrected chi connectivity index (χ1v) is 15.7. The van der Waals surface area contributed by atoms with E-state index in [9.17, 15) is 19.2 Å². The molecule has 4 aliphatic rings. The van der Waals surface area contributed by atoms with Gasteiger partial charge < -0.3 is 21.3 Å². The van der Waals surface area contributed by atoms with Crippen molar-refractivity contribution in [2.75, 3.05) is 5.32 Å². The predicted molar refractivity (Wildman–Crippen MR) is 157 cm³/mol. The van der Waals surface area contributed by atoms with Crippen molar-refractivity contribution in [3.63, 3.8) is 0 Å². The van der Waals surface area contributed by atoms with Gasteiger partial charge in [0.15, 0.2) is 0 Å². The lowest BCUT2D eigenvalue weighted by Crippen LogP contribution is -2.50. The maximum Gasteiger partial charge on any atom is 0.270 e. The summed E-state index contributed by atoms with van der Waals surface area (Å²) < 4.78 is 17.2. The number of nitrogens with zero attached hydrogens (tertiary/aromatic N) is 2. The lowest BCUT2D eigenvalue weighted by Gasteiger charge is -2.28. The van der Waals surface area contributed by atoms with Crippen LogP contribution in [0.4, 0.5) is 10.1 Å². The minimum absolute atomic E-state index is 0.000484. The van der Waals surface area contributed by atoms with Gasteiger partial charge in [-0.2, -0.15) is 5.10 Å². The molecule has 10 nitrogen and oxygen atoms in total. The van der Waals surface area contributed by atoms with Crippen LogP contribution in [0.5, 0.6) is 0 Å². The molecule has 3 saturated carbocycles. The molecular formula is C32H41FN6O4. The maximum absolute atomic E-state index is 15.5. The summed E-state index contributed by atoms with van der Waals surface area (Å²) in [5.41, 5.74) is 1.99. The molecule has 3 atom stereocenters. The molecule has 0 spiro atoms. The summed E-state index contributed by atoms with van der Waals surface area (Å²) in [5.74, 6) is -1.02. The number of carbonyl (C=O) groups is 4. The summed E-state index contributed by atoms with van der Waals surface area (Å²) in [6.45, 7) is 5.27. The van der Waals surface area contributed by atoms with Gasteiger partial charge in [0.1, 0.15) is 23.6 Å². The van der Waals surface area contributed by atoms with E-state index in [1.807, 2.05) is 13.8 Å². The molecular weight excluding hydrogens is 551 g/mol. The number of fused-ring (bicyclic) bond motifs is 1. The molecule has 4 N–H and O–H groups in total. The van der Waals surface area contributed by atoms with E-state index >= 15 is 4.39 Å². The van der Waals surface area contributed by atoms with E-state index in [0.29, 0.717) is 35.9 Å². The number of carbonyl (C=O) groups excluding carboxylic acids is 4. The molecule has 4 aliphatic carbocycles. The third-order valence-electron chi connectivity index (χ3n) is 9.29. The summed E-state index contributed by atoms with van der Waals surface area (Å²) in [5, 5.41) is 15.8. The van der Waals surface area contributed by atoms with Crippen molar-refractivity contribution in [3.05, 3.63) is 47.0 Å². The molecule has 6 rings (SSSR count). The number of anilines is 1. The van der Waals surface area contributed by atoms with Gasteiger partial charge in [-0.1, -0.05) is 0 Å². The van der Waals surface area contributed by atoms with Crippen LogP contribution < -0.4 is 21.3 Å². The number of benzene rings is 1. The van der Waals surface area contributed by atoms with Gasteiger partial charge in [-0.15, -0.1) is 0 Å². The molecule has 1 heterocycles. The standard InChI is InChI=1S/C32H41FN6O4/c1-16(2)39-26(12-13-34-39)30(41)38-29(27(18-4-5-18)19-6-7-19)32(43)37-25-14-21-10-11-24(22(21)15-23(25)33)36-31(42)28(20-8-9-20)35-17(3)40/h12-16,18-20,24,27-29H,4-11H2,1-3H3,(H,35,40)(H,36,42)(H,37,43)(H,38,41)/t24-,28-,29+/m1/s1. The van der Waals surface area contributed by atoms with Crippen molar-refractivity contribution in [1.82, 2.24) is 25.7 Å². The summed E-state index contributed by atoms with van der Waals surface area (Å²) in [4.78, 5) is 51.9. The SMILES string of the molecule is CC(=O)N[C@@H](C(=O)N[C@@H]1CCc2cc(NC(=O)[C@@H](NC(=O)c3ccnn3C(C)C)C(C3CC3)C3CC3)c(F)cc21)C1CC1. The Bertz CT molecular complexity index is 1410. The molecule has 1 aromatic heterocycles. The van der Waals surface area contributed by atoms with Crippen molar-refractivity contribution in [3.8, 4) is 0 Å². The molecule has 1 aromatic carbocycles. The number of rotatable bonds is 12. The minimum atomic E-state index is -0.796. The van der Waals surface area contributed by atoms with Gasteiger partial charge in [0.25, 0.3) is 5.91 Å². The molecule has 4 amide bonds. The second kappa shape index (κ2) is 11.7. The first kappa shape index (κ1) is 29.3. The highest BCUT2D eigenvalue weighted by Gasteiger charge is 2.48. The van der Waals surface area contributed by atoms with Gasteiger partial charge in [0.05, 0.1) is 11.7 Å². The van der Waals surface area contributed by atoms with Crippen LogP contribution in [0.1, 0.15) is 99.4 Å². The highest BCUT2D eigenvalue weighted by atomic mass is 19.1. The lowest BCUT2D eigenvalue weighted by molar-refractivity contribution is -0.129. The lowest BCUT2D eigenvalue weighted by atomic mass is 9.88. The Morgan fingerprint density at radius 3 is 2.21 bits per heavy atom. The Hall–Kier alpha value is -3.76. The molecule has 3 fully saturated rings. The number of hydrogen-bond acceptors (Lipinski definition) is 5. The molecule has 0 saturated heterocycles. The van der Waals surface area contributed by atoms with Crippen molar-refractivity contribution in [2.24, 2.45) is 23.7 Å². The second-order valence-electron chi connectivity index (χ2n) is 13.1. The predicted octanol–water partition coefficient (Wildman–Crippen LogP) is 3.79. The van der Waals surface area contributed by atoms with E-state index in [4.69, 9.17) is 0 Å². The third-order valence-corrected chi connectivity index (χ3v) is 9.29. The number of hydrogen-bond donors (Lipinski definition) is 4. The van der Waals surface area contributed by atoms with Gasteiger partial charge in [-0.05, 0) is 118 Å². The van der Waals surface area contributed by atoms with Gasteiger partial charge in [0, 0.05) is 19.2 Å².